The number of rotatable bonds is 5. The summed E-state index contributed by atoms with van der Waals surface area (Å²) in [6.45, 7) is 4.23. The Morgan fingerprint density at radius 2 is 1.70 bits per heavy atom. The van der Waals surface area contributed by atoms with Gasteiger partial charge in [0.25, 0.3) is 0 Å². The lowest BCUT2D eigenvalue weighted by molar-refractivity contribution is -0.134. The third-order valence-electron chi connectivity index (χ3n) is 5.11. The van der Waals surface area contributed by atoms with Crippen LogP contribution in [0, 0.1) is 0 Å². The van der Waals surface area contributed by atoms with Crippen molar-refractivity contribution in [3.8, 4) is 0 Å². The van der Waals surface area contributed by atoms with Gasteiger partial charge < -0.3 is 9.80 Å². The summed E-state index contributed by atoms with van der Waals surface area (Å²) < 4.78 is 0. The first kappa shape index (κ1) is 18.9. The van der Waals surface area contributed by atoms with Crippen LogP contribution in [0.25, 0.3) is 6.08 Å². The normalized spacial score (nSPS) is 15.4. The van der Waals surface area contributed by atoms with Gasteiger partial charge in [-0.1, -0.05) is 55.5 Å². The molecule has 0 aromatic heterocycles. The minimum atomic E-state index is -0.263. The Morgan fingerprint density at radius 1 is 1.04 bits per heavy atom. The predicted molar refractivity (Wildman–Crippen MR) is 108 cm³/mol. The number of carbonyl (C=O) groups is 2. The summed E-state index contributed by atoms with van der Waals surface area (Å²) in [5.74, 6) is -0.0349. The number of carbonyl (C=O) groups excluding carboxylic acids is 2. The Morgan fingerprint density at radius 3 is 2.37 bits per heavy atom. The number of aryl methyl sites for hydroxylation is 1. The summed E-state index contributed by atoms with van der Waals surface area (Å²) in [6, 6.07) is 16.0. The van der Waals surface area contributed by atoms with Crippen molar-refractivity contribution in [1.82, 2.24) is 9.80 Å². The fraction of sp³-hybridized carbons (Fsp3) is 0.304. The summed E-state index contributed by atoms with van der Waals surface area (Å²) in [4.78, 5) is 28.3. The fourth-order valence-corrected chi connectivity index (χ4v) is 3.48. The average Bonchev–Trinajstić information content (AvgIpc) is 2.68. The quantitative estimate of drug-likeness (QED) is 0.801. The Hall–Kier alpha value is -2.88. The van der Waals surface area contributed by atoms with E-state index >= 15 is 0 Å². The lowest BCUT2D eigenvalue weighted by Gasteiger charge is -2.33. The van der Waals surface area contributed by atoms with Crippen molar-refractivity contribution in [2.45, 2.75) is 39.3 Å². The fourth-order valence-electron chi connectivity index (χ4n) is 3.48. The molecule has 1 aliphatic heterocycles. The first-order valence-electron chi connectivity index (χ1n) is 9.37. The highest BCUT2D eigenvalue weighted by Gasteiger charge is 2.29. The van der Waals surface area contributed by atoms with E-state index in [4.69, 9.17) is 0 Å². The zero-order chi connectivity index (χ0) is 19.4. The lowest BCUT2D eigenvalue weighted by atomic mass is 9.93. The van der Waals surface area contributed by atoms with E-state index in [1.54, 1.807) is 16.0 Å². The van der Waals surface area contributed by atoms with Crippen LogP contribution in [-0.4, -0.2) is 28.7 Å². The van der Waals surface area contributed by atoms with Gasteiger partial charge >= 0.3 is 0 Å². The van der Waals surface area contributed by atoms with Gasteiger partial charge in [-0.05, 0) is 34.8 Å². The molecule has 4 nitrogen and oxygen atoms in total. The lowest BCUT2D eigenvalue weighted by Crippen LogP contribution is -2.35. The van der Waals surface area contributed by atoms with Gasteiger partial charge in [-0.15, -0.1) is 0 Å². The molecule has 1 atom stereocenters. The molecule has 27 heavy (non-hydrogen) atoms. The molecule has 0 saturated heterocycles. The topological polar surface area (TPSA) is 40.6 Å². The maximum Gasteiger partial charge on any atom is 0.225 e. The summed E-state index contributed by atoms with van der Waals surface area (Å²) >= 11 is 0. The molecule has 1 heterocycles. The van der Waals surface area contributed by atoms with Crippen LogP contribution in [0.1, 0.15) is 48.6 Å². The van der Waals surface area contributed by atoms with E-state index in [-0.39, 0.29) is 24.3 Å². The third kappa shape index (κ3) is 4.27. The molecule has 0 saturated carbocycles. The summed E-state index contributed by atoms with van der Waals surface area (Å²) in [5.41, 5.74) is 4.47. The smallest absolute Gasteiger partial charge is 0.225 e. The van der Waals surface area contributed by atoms with Gasteiger partial charge in [0.05, 0.1) is 12.5 Å². The predicted octanol–water partition coefficient (Wildman–Crippen LogP) is 4.17. The van der Waals surface area contributed by atoms with Gasteiger partial charge in [0.2, 0.25) is 11.8 Å². The Kier molecular flexibility index (Phi) is 5.75. The van der Waals surface area contributed by atoms with Gasteiger partial charge in [-0.2, -0.15) is 0 Å². The molecule has 0 radical (unpaired) electrons. The third-order valence-corrected chi connectivity index (χ3v) is 5.11. The highest BCUT2D eigenvalue weighted by atomic mass is 16.2. The molecule has 2 amide bonds. The van der Waals surface area contributed by atoms with Gasteiger partial charge in [0.15, 0.2) is 0 Å². The maximum absolute atomic E-state index is 12.9. The number of amides is 2. The van der Waals surface area contributed by atoms with Crippen LogP contribution in [0.15, 0.2) is 54.7 Å². The standard InChI is InChI=1S/C23H26N2O2/c1-4-18-9-11-19(12-10-18)16-24(3)23(27)15-22-21-8-6-5-7-20(21)13-14-25(22)17(2)26/h5-14,22H,4,15-16H2,1-3H3/t22-/m1/s1. The molecule has 2 aromatic rings. The van der Waals surface area contributed by atoms with Crippen molar-refractivity contribution in [3.05, 3.63) is 77.0 Å². The van der Waals surface area contributed by atoms with Crippen LogP contribution in [0.5, 0.6) is 0 Å². The molecule has 0 aliphatic carbocycles. The van der Waals surface area contributed by atoms with E-state index in [9.17, 15) is 9.59 Å². The molecule has 140 valence electrons. The number of nitrogens with zero attached hydrogens (tertiary/aromatic N) is 2. The zero-order valence-corrected chi connectivity index (χ0v) is 16.2. The van der Waals surface area contributed by atoms with Crippen molar-refractivity contribution in [3.63, 3.8) is 0 Å². The molecule has 0 spiro atoms. The highest BCUT2D eigenvalue weighted by Crippen LogP contribution is 2.33. The molecule has 0 bridgehead atoms. The summed E-state index contributed by atoms with van der Waals surface area (Å²) in [6.07, 6.45) is 4.98. The van der Waals surface area contributed by atoms with Crippen LogP contribution >= 0.6 is 0 Å². The first-order chi connectivity index (χ1) is 13.0. The Labute approximate surface area is 161 Å². The molecule has 3 rings (SSSR count). The molecule has 1 aliphatic rings. The monoisotopic (exact) mass is 362 g/mol. The largest absolute Gasteiger partial charge is 0.341 e. The molecule has 0 fully saturated rings. The van der Waals surface area contributed by atoms with Gasteiger partial charge in [0, 0.05) is 26.7 Å². The number of hydrogen-bond acceptors (Lipinski definition) is 2. The van der Waals surface area contributed by atoms with Gasteiger partial charge in [-0.25, -0.2) is 0 Å². The van der Waals surface area contributed by atoms with Crippen molar-refractivity contribution in [1.29, 1.82) is 0 Å². The first-order valence-corrected chi connectivity index (χ1v) is 9.37. The van der Waals surface area contributed by atoms with Crippen molar-refractivity contribution in [2.75, 3.05) is 7.05 Å². The van der Waals surface area contributed by atoms with Crippen LogP contribution in [0.4, 0.5) is 0 Å². The molecule has 4 heteroatoms. The average molecular weight is 362 g/mol. The second kappa shape index (κ2) is 8.21. The van der Waals surface area contributed by atoms with E-state index < -0.39 is 0 Å². The van der Waals surface area contributed by atoms with Crippen molar-refractivity contribution >= 4 is 17.9 Å². The molecule has 2 aromatic carbocycles. The minimum absolute atomic E-state index is 0.0240. The van der Waals surface area contributed by atoms with E-state index in [0.717, 1.165) is 23.1 Å². The van der Waals surface area contributed by atoms with Crippen LogP contribution < -0.4 is 0 Å². The molecular formula is C23H26N2O2. The van der Waals surface area contributed by atoms with Crippen LogP contribution in [-0.2, 0) is 22.6 Å². The summed E-state index contributed by atoms with van der Waals surface area (Å²) in [7, 11) is 1.82. The van der Waals surface area contributed by atoms with E-state index in [1.165, 1.54) is 12.5 Å². The van der Waals surface area contributed by atoms with Gasteiger partial charge in [0.1, 0.15) is 0 Å². The minimum Gasteiger partial charge on any atom is -0.341 e. The molecule has 0 unspecified atom stereocenters. The van der Waals surface area contributed by atoms with Crippen molar-refractivity contribution in [2.24, 2.45) is 0 Å². The Bertz CT molecular complexity index is 855. The van der Waals surface area contributed by atoms with E-state index in [1.807, 2.05) is 37.4 Å². The summed E-state index contributed by atoms with van der Waals surface area (Å²) in [5, 5.41) is 0. The maximum atomic E-state index is 12.9. The number of benzene rings is 2. The van der Waals surface area contributed by atoms with Crippen LogP contribution in [0.2, 0.25) is 0 Å². The second-order valence-corrected chi connectivity index (χ2v) is 7.01. The highest BCUT2D eigenvalue weighted by molar-refractivity contribution is 5.81. The van der Waals surface area contributed by atoms with Crippen LogP contribution in [0.3, 0.4) is 0 Å². The van der Waals surface area contributed by atoms with Gasteiger partial charge in [-0.3, -0.25) is 9.59 Å². The number of hydrogen-bond donors (Lipinski definition) is 0. The SMILES string of the molecule is CCc1ccc(CN(C)C(=O)C[C@@H]2c3ccccc3C=CN2C(C)=O)cc1. The van der Waals surface area contributed by atoms with E-state index in [2.05, 4.69) is 31.2 Å². The molecule has 0 N–H and O–H groups in total. The zero-order valence-electron chi connectivity index (χ0n) is 16.2. The number of fused-ring (bicyclic) bond motifs is 1. The van der Waals surface area contributed by atoms with E-state index in [0.29, 0.717) is 6.54 Å². The van der Waals surface area contributed by atoms with Crippen molar-refractivity contribution < 1.29 is 9.59 Å². The Balaban J connectivity index is 1.74. The second-order valence-electron chi connectivity index (χ2n) is 7.01. The molecular weight excluding hydrogens is 336 g/mol.